The third-order valence-electron chi connectivity index (χ3n) is 3.40. The lowest BCUT2D eigenvalue weighted by Gasteiger charge is -2.16. The van der Waals surface area contributed by atoms with Gasteiger partial charge in [-0.1, -0.05) is 12.1 Å². The first kappa shape index (κ1) is 13.9. The molecule has 0 saturated heterocycles. The van der Waals surface area contributed by atoms with E-state index in [1.54, 1.807) is 0 Å². The molecule has 0 fully saturated rings. The van der Waals surface area contributed by atoms with Gasteiger partial charge in [0.25, 0.3) is 0 Å². The number of thiol groups is 1. The van der Waals surface area contributed by atoms with Crippen LogP contribution >= 0.6 is 12.6 Å². The van der Waals surface area contributed by atoms with Crippen molar-refractivity contribution in [3.05, 3.63) is 29.3 Å². The Morgan fingerprint density at radius 3 is 2.84 bits per heavy atom. The van der Waals surface area contributed by atoms with Crippen LogP contribution in [0.1, 0.15) is 31.4 Å². The molecular formula is C14H18N2O2S. The molecule has 5 heteroatoms. The van der Waals surface area contributed by atoms with Crippen molar-refractivity contribution in [1.82, 2.24) is 5.32 Å². The van der Waals surface area contributed by atoms with Gasteiger partial charge < -0.3 is 10.6 Å². The lowest BCUT2D eigenvalue weighted by Crippen LogP contribution is -2.27. The molecule has 1 aliphatic rings. The number of fused-ring (bicyclic) bond motifs is 1. The molecule has 0 spiro atoms. The van der Waals surface area contributed by atoms with Crippen molar-refractivity contribution >= 4 is 30.1 Å². The summed E-state index contributed by atoms with van der Waals surface area (Å²) in [5, 5.41) is 5.70. The second-order valence-corrected chi connectivity index (χ2v) is 5.66. The maximum absolute atomic E-state index is 11.8. The van der Waals surface area contributed by atoms with Crippen molar-refractivity contribution in [3.63, 3.8) is 0 Å². The predicted octanol–water partition coefficient (Wildman–Crippen LogP) is 1.85. The van der Waals surface area contributed by atoms with Gasteiger partial charge in [0.15, 0.2) is 0 Å². The number of anilines is 1. The number of carbonyl (C=O) groups is 2. The Balaban J connectivity index is 2.12. The summed E-state index contributed by atoms with van der Waals surface area (Å²) in [4.78, 5) is 23.2. The van der Waals surface area contributed by atoms with Crippen molar-refractivity contribution in [3.8, 4) is 0 Å². The van der Waals surface area contributed by atoms with Gasteiger partial charge in [-0.05, 0) is 36.8 Å². The second-order valence-electron chi connectivity index (χ2n) is 5.21. The first-order valence-electron chi connectivity index (χ1n) is 6.27. The second kappa shape index (κ2) is 5.25. The highest BCUT2D eigenvalue weighted by Crippen LogP contribution is 2.37. The van der Waals surface area contributed by atoms with Crippen LogP contribution in [-0.2, 0) is 21.5 Å². The normalized spacial score (nSPS) is 15.8. The van der Waals surface area contributed by atoms with Crippen molar-refractivity contribution in [2.75, 3.05) is 11.1 Å². The van der Waals surface area contributed by atoms with Crippen LogP contribution in [-0.4, -0.2) is 17.6 Å². The fourth-order valence-corrected chi connectivity index (χ4v) is 2.32. The van der Waals surface area contributed by atoms with Crippen LogP contribution in [0.15, 0.2) is 18.2 Å². The Labute approximate surface area is 118 Å². The molecule has 2 amide bonds. The van der Waals surface area contributed by atoms with E-state index >= 15 is 0 Å². The van der Waals surface area contributed by atoms with Crippen molar-refractivity contribution in [2.24, 2.45) is 0 Å². The fourth-order valence-electron chi connectivity index (χ4n) is 2.12. The molecule has 0 saturated carbocycles. The highest BCUT2D eigenvalue weighted by molar-refractivity contribution is 7.80. The summed E-state index contributed by atoms with van der Waals surface area (Å²) < 4.78 is 0. The molecule has 0 radical (unpaired) electrons. The number of hydrogen-bond donors (Lipinski definition) is 3. The van der Waals surface area contributed by atoms with E-state index in [4.69, 9.17) is 0 Å². The van der Waals surface area contributed by atoms with Crippen LogP contribution in [0.4, 0.5) is 5.69 Å². The van der Waals surface area contributed by atoms with E-state index in [1.807, 2.05) is 32.0 Å². The van der Waals surface area contributed by atoms with Crippen molar-refractivity contribution in [1.29, 1.82) is 0 Å². The van der Waals surface area contributed by atoms with Gasteiger partial charge in [0.1, 0.15) is 0 Å². The molecule has 1 aliphatic heterocycles. The van der Waals surface area contributed by atoms with E-state index in [0.717, 1.165) is 16.8 Å². The van der Waals surface area contributed by atoms with Gasteiger partial charge in [-0.25, -0.2) is 0 Å². The molecule has 2 N–H and O–H groups in total. The lowest BCUT2D eigenvalue weighted by atomic mass is 9.85. The molecule has 19 heavy (non-hydrogen) atoms. The Morgan fingerprint density at radius 1 is 1.42 bits per heavy atom. The molecule has 2 rings (SSSR count). The number of rotatable bonds is 4. The van der Waals surface area contributed by atoms with Gasteiger partial charge >= 0.3 is 0 Å². The number of hydrogen-bond acceptors (Lipinski definition) is 3. The van der Waals surface area contributed by atoms with Gasteiger partial charge in [-0.3, -0.25) is 9.59 Å². The Morgan fingerprint density at radius 2 is 2.16 bits per heavy atom. The predicted molar refractivity (Wildman–Crippen MR) is 78.4 cm³/mol. The van der Waals surface area contributed by atoms with Gasteiger partial charge in [0.2, 0.25) is 11.8 Å². The summed E-state index contributed by atoms with van der Waals surface area (Å²) >= 11 is 4.02. The van der Waals surface area contributed by atoms with Crippen LogP contribution in [0.2, 0.25) is 0 Å². The SMILES string of the molecule is CC1(C)C(=O)Nc2ccc(CNC(=O)CCS)cc21. The molecule has 0 unspecified atom stereocenters. The van der Waals surface area contributed by atoms with Crippen LogP contribution in [0.25, 0.3) is 0 Å². The summed E-state index contributed by atoms with van der Waals surface area (Å²) in [6.07, 6.45) is 0.416. The van der Waals surface area contributed by atoms with Crippen LogP contribution < -0.4 is 10.6 Å². The van der Waals surface area contributed by atoms with Gasteiger partial charge in [0.05, 0.1) is 5.41 Å². The molecule has 1 aromatic carbocycles. The quantitative estimate of drug-likeness (QED) is 0.736. The minimum Gasteiger partial charge on any atom is -0.352 e. The zero-order valence-corrected chi connectivity index (χ0v) is 12.0. The minimum absolute atomic E-state index is 0.0102. The number of nitrogens with one attached hydrogen (secondary N) is 2. The highest BCUT2D eigenvalue weighted by Gasteiger charge is 2.38. The molecule has 102 valence electrons. The summed E-state index contributed by atoms with van der Waals surface area (Å²) in [5.41, 5.74) is 2.33. The topological polar surface area (TPSA) is 58.2 Å². The standard InChI is InChI=1S/C14H18N2O2S/c1-14(2)10-7-9(8-15-12(17)5-6-19)3-4-11(10)16-13(14)18/h3-4,7,19H,5-6,8H2,1-2H3,(H,15,17)(H,16,18). The Bertz CT molecular complexity index is 526. The van der Waals surface area contributed by atoms with Gasteiger partial charge in [-0.2, -0.15) is 12.6 Å². The monoisotopic (exact) mass is 278 g/mol. The van der Waals surface area contributed by atoms with Gasteiger partial charge in [0, 0.05) is 18.7 Å². The third kappa shape index (κ3) is 2.76. The summed E-state index contributed by atoms with van der Waals surface area (Å²) in [6, 6.07) is 5.79. The number of amides is 2. The van der Waals surface area contributed by atoms with Crippen molar-refractivity contribution < 1.29 is 9.59 Å². The maximum atomic E-state index is 11.8. The minimum atomic E-state index is -0.513. The average Bonchev–Trinajstić information content (AvgIpc) is 2.59. The first-order valence-corrected chi connectivity index (χ1v) is 6.91. The van der Waals surface area contributed by atoms with E-state index in [9.17, 15) is 9.59 Å². The van der Waals surface area contributed by atoms with Crippen LogP contribution in [0, 0.1) is 0 Å². The highest BCUT2D eigenvalue weighted by atomic mass is 32.1. The third-order valence-corrected chi connectivity index (χ3v) is 3.63. The lowest BCUT2D eigenvalue weighted by molar-refractivity contribution is -0.121. The molecule has 1 heterocycles. The molecule has 0 aromatic heterocycles. The van der Waals surface area contributed by atoms with E-state index in [-0.39, 0.29) is 11.8 Å². The molecule has 0 bridgehead atoms. The Hall–Kier alpha value is -1.49. The summed E-state index contributed by atoms with van der Waals surface area (Å²) in [5.74, 6) is 0.546. The van der Waals surface area contributed by atoms with Gasteiger partial charge in [-0.15, -0.1) is 0 Å². The van der Waals surface area contributed by atoms with Crippen molar-refractivity contribution in [2.45, 2.75) is 32.2 Å². The van der Waals surface area contributed by atoms with E-state index in [0.29, 0.717) is 18.7 Å². The maximum Gasteiger partial charge on any atom is 0.234 e. The number of carbonyl (C=O) groups excluding carboxylic acids is 2. The van der Waals surface area contributed by atoms with E-state index < -0.39 is 5.41 Å². The fraction of sp³-hybridized carbons (Fsp3) is 0.429. The molecule has 4 nitrogen and oxygen atoms in total. The molecular weight excluding hydrogens is 260 g/mol. The number of benzene rings is 1. The van der Waals surface area contributed by atoms with Crippen LogP contribution in [0.5, 0.6) is 0 Å². The average molecular weight is 278 g/mol. The van der Waals surface area contributed by atoms with E-state index in [1.165, 1.54) is 0 Å². The summed E-state index contributed by atoms with van der Waals surface area (Å²) in [6.45, 7) is 4.28. The van der Waals surface area contributed by atoms with E-state index in [2.05, 4.69) is 23.3 Å². The molecule has 0 aliphatic carbocycles. The van der Waals surface area contributed by atoms with Crippen LogP contribution in [0.3, 0.4) is 0 Å². The molecule has 1 aromatic rings. The largest absolute Gasteiger partial charge is 0.352 e. The zero-order valence-electron chi connectivity index (χ0n) is 11.1. The Kier molecular flexibility index (Phi) is 3.85. The first-order chi connectivity index (χ1) is 8.95. The summed E-state index contributed by atoms with van der Waals surface area (Å²) in [7, 11) is 0. The zero-order chi connectivity index (χ0) is 14.0. The molecule has 0 atom stereocenters. The smallest absolute Gasteiger partial charge is 0.234 e.